The van der Waals surface area contributed by atoms with Crippen molar-refractivity contribution in [2.45, 2.75) is 26.7 Å². The van der Waals surface area contributed by atoms with Crippen molar-refractivity contribution in [3.8, 4) is 0 Å². The van der Waals surface area contributed by atoms with Crippen LogP contribution < -0.4 is 10.6 Å². The summed E-state index contributed by atoms with van der Waals surface area (Å²) in [6.07, 6.45) is 1.58. The second kappa shape index (κ2) is 9.50. The Morgan fingerprint density at radius 3 is 2.40 bits per heavy atom. The van der Waals surface area contributed by atoms with E-state index >= 15 is 0 Å². The van der Waals surface area contributed by atoms with Gasteiger partial charge in [-0.2, -0.15) is 0 Å². The maximum absolute atomic E-state index is 5.43. The summed E-state index contributed by atoms with van der Waals surface area (Å²) in [5, 5.41) is 6.59. The normalized spacial score (nSPS) is 10.8. The highest BCUT2D eigenvalue weighted by molar-refractivity contribution is 5.58. The van der Waals surface area contributed by atoms with E-state index in [1.165, 1.54) is 0 Å². The van der Waals surface area contributed by atoms with Crippen LogP contribution in [0.4, 0.5) is 11.6 Å². The fourth-order valence-corrected chi connectivity index (χ4v) is 1.88. The van der Waals surface area contributed by atoms with Gasteiger partial charge in [0.2, 0.25) is 0 Å². The second-order valence-corrected chi connectivity index (χ2v) is 4.70. The molecule has 0 fully saturated rings. The minimum atomic E-state index is 0.349. The Morgan fingerprint density at radius 2 is 1.80 bits per heavy atom. The van der Waals surface area contributed by atoms with Crippen LogP contribution in [0.5, 0.6) is 0 Å². The molecule has 0 amide bonds. The van der Waals surface area contributed by atoms with Gasteiger partial charge >= 0.3 is 0 Å². The number of anilines is 2. The highest BCUT2D eigenvalue weighted by Gasteiger charge is 2.14. The fraction of sp³-hybridized carbons (Fsp3) is 0.714. The molecular weight excluding hydrogens is 256 g/mol. The van der Waals surface area contributed by atoms with Gasteiger partial charge in [0.25, 0.3) is 0 Å². The summed E-state index contributed by atoms with van der Waals surface area (Å²) in [6, 6.07) is 0. The van der Waals surface area contributed by atoms with E-state index in [-0.39, 0.29) is 0 Å². The van der Waals surface area contributed by atoms with Crippen LogP contribution in [0.3, 0.4) is 0 Å². The summed E-state index contributed by atoms with van der Waals surface area (Å²) in [5.41, 5.74) is 1.12. The largest absolute Gasteiger partial charge is 0.382 e. The molecule has 0 aliphatic carbocycles. The van der Waals surface area contributed by atoms with E-state index in [0.29, 0.717) is 32.3 Å². The van der Waals surface area contributed by atoms with Crippen LogP contribution in [-0.2, 0) is 9.47 Å². The molecule has 6 nitrogen and oxygen atoms in total. The first-order chi connectivity index (χ1) is 9.70. The number of nitrogens with one attached hydrogen (secondary N) is 2. The van der Waals surface area contributed by atoms with Gasteiger partial charge in [-0.05, 0) is 12.8 Å². The first kappa shape index (κ1) is 16.7. The average Bonchev–Trinajstić information content (AvgIpc) is 2.43. The Bertz CT molecular complexity index is 385. The van der Waals surface area contributed by atoms with Crippen LogP contribution in [0.2, 0.25) is 0 Å². The van der Waals surface area contributed by atoms with E-state index in [2.05, 4.69) is 41.4 Å². The van der Waals surface area contributed by atoms with E-state index in [9.17, 15) is 0 Å². The van der Waals surface area contributed by atoms with Crippen molar-refractivity contribution in [1.82, 2.24) is 9.97 Å². The van der Waals surface area contributed by atoms with Crippen molar-refractivity contribution >= 4 is 11.6 Å². The molecule has 1 aromatic rings. The van der Waals surface area contributed by atoms with Crippen LogP contribution in [0.1, 0.15) is 32.3 Å². The molecule has 0 atom stereocenters. The van der Waals surface area contributed by atoms with E-state index in [0.717, 1.165) is 23.7 Å². The number of nitrogens with zero attached hydrogens (tertiary/aromatic N) is 2. The molecule has 0 radical (unpaired) electrons. The van der Waals surface area contributed by atoms with Crippen molar-refractivity contribution in [2.24, 2.45) is 0 Å². The molecule has 0 saturated carbocycles. The van der Waals surface area contributed by atoms with Crippen molar-refractivity contribution in [3.63, 3.8) is 0 Å². The van der Waals surface area contributed by atoms with Crippen LogP contribution >= 0.6 is 0 Å². The zero-order chi connectivity index (χ0) is 14.8. The summed E-state index contributed by atoms with van der Waals surface area (Å²) in [4.78, 5) is 8.64. The van der Waals surface area contributed by atoms with E-state index < -0.39 is 0 Å². The van der Waals surface area contributed by atoms with Gasteiger partial charge < -0.3 is 20.1 Å². The van der Waals surface area contributed by atoms with Crippen molar-refractivity contribution in [1.29, 1.82) is 0 Å². The molecule has 0 aliphatic heterocycles. The van der Waals surface area contributed by atoms with Crippen molar-refractivity contribution in [2.75, 3.05) is 50.7 Å². The van der Waals surface area contributed by atoms with E-state index in [1.54, 1.807) is 13.4 Å². The van der Waals surface area contributed by atoms with Crippen LogP contribution in [0.15, 0.2) is 6.33 Å². The Kier molecular flexibility index (Phi) is 7.91. The third kappa shape index (κ3) is 5.30. The lowest BCUT2D eigenvalue weighted by Gasteiger charge is -2.17. The molecule has 6 heteroatoms. The molecule has 2 N–H and O–H groups in total. The van der Waals surface area contributed by atoms with Gasteiger partial charge in [-0.25, -0.2) is 9.97 Å². The van der Waals surface area contributed by atoms with Crippen molar-refractivity contribution in [3.05, 3.63) is 11.9 Å². The molecule has 0 aromatic carbocycles. The number of hydrogen-bond donors (Lipinski definition) is 2. The Hall–Kier alpha value is -1.40. The van der Waals surface area contributed by atoms with Crippen molar-refractivity contribution < 1.29 is 9.47 Å². The number of ether oxygens (including phenoxy) is 2. The lowest BCUT2D eigenvalue weighted by molar-refractivity contribution is 0.0759. The number of methoxy groups -OCH3 is 1. The predicted octanol–water partition coefficient (Wildman–Crippen LogP) is 2.11. The van der Waals surface area contributed by atoms with Crippen LogP contribution in [-0.4, -0.2) is 50.0 Å². The zero-order valence-corrected chi connectivity index (χ0v) is 12.9. The Labute approximate surface area is 121 Å². The average molecular weight is 282 g/mol. The molecule has 20 heavy (non-hydrogen) atoms. The highest BCUT2D eigenvalue weighted by Crippen LogP contribution is 2.27. The zero-order valence-electron chi connectivity index (χ0n) is 12.9. The molecule has 114 valence electrons. The van der Waals surface area contributed by atoms with Gasteiger partial charge in [-0.3, -0.25) is 0 Å². The monoisotopic (exact) mass is 282 g/mol. The first-order valence-electron chi connectivity index (χ1n) is 7.10. The molecule has 1 rings (SSSR count). The Morgan fingerprint density at radius 1 is 1.10 bits per heavy atom. The SMILES string of the molecule is CCNc1ncnc(NCCOCCOC)c1C(C)C. The quantitative estimate of drug-likeness (QED) is 0.641. The third-order valence-electron chi connectivity index (χ3n) is 2.78. The first-order valence-corrected chi connectivity index (χ1v) is 7.10. The highest BCUT2D eigenvalue weighted by atomic mass is 16.5. The van der Waals surface area contributed by atoms with Gasteiger partial charge in [-0.15, -0.1) is 0 Å². The molecule has 0 saturated heterocycles. The standard InChI is InChI=1S/C14H26N4O2/c1-5-15-13-12(11(2)3)14(18-10-17-13)16-6-7-20-9-8-19-4/h10-11H,5-9H2,1-4H3,(H2,15,16,17,18). The summed E-state index contributed by atoms with van der Waals surface area (Å²) >= 11 is 0. The minimum absolute atomic E-state index is 0.349. The van der Waals surface area contributed by atoms with Gasteiger partial charge in [0, 0.05) is 25.8 Å². The molecule has 0 bridgehead atoms. The molecule has 0 aliphatic rings. The van der Waals surface area contributed by atoms with Gasteiger partial charge in [-0.1, -0.05) is 13.8 Å². The number of hydrogen-bond acceptors (Lipinski definition) is 6. The number of aromatic nitrogens is 2. The summed E-state index contributed by atoms with van der Waals surface area (Å²) in [5.74, 6) is 2.13. The predicted molar refractivity (Wildman–Crippen MR) is 81.5 cm³/mol. The van der Waals surface area contributed by atoms with Crippen LogP contribution in [0, 0.1) is 0 Å². The lowest BCUT2D eigenvalue weighted by Crippen LogP contribution is -2.15. The lowest BCUT2D eigenvalue weighted by atomic mass is 10.0. The maximum Gasteiger partial charge on any atom is 0.135 e. The summed E-state index contributed by atoms with van der Waals surface area (Å²) in [7, 11) is 1.67. The van der Waals surface area contributed by atoms with Crippen LogP contribution in [0.25, 0.3) is 0 Å². The topological polar surface area (TPSA) is 68.3 Å². The number of rotatable bonds is 10. The fourth-order valence-electron chi connectivity index (χ4n) is 1.88. The minimum Gasteiger partial charge on any atom is -0.382 e. The second-order valence-electron chi connectivity index (χ2n) is 4.70. The van der Waals surface area contributed by atoms with Gasteiger partial charge in [0.1, 0.15) is 18.0 Å². The maximum atomic E-state index is 5.43. The third-order valence-corrected chi connectivity index (χ3v) is 2.78. The van der Waals surface area contributed by atoms with Gasteiger partial charge in [0.05, 0.1) is 19.8 Å². The molecule has 0 unspecified atom stereocenters. The van der Waals surface area contributed by atoms with E-state index in [1.807, 2.05) is 0 Å². The summed E-state index contributed by atoms with van der Waals surface area (Å²) < 4.78 is 10.4. The Balaban J connectivity index is 2.57. The summed E-state index contributed by atoms with van der Waals surface area (Å²) in [6.45, 7) is 9.75. The molecule has 1 aromatic heterocycles. The van der Waals surface area contributed by atoms with Gasteiger partial charge in [0.15, 0.2) is 0 Å². The smallest absolute Gasteiger partial charge is 0.135 e. The molecule has 0 spiro atoms. The molecular formula is C14H26N4O2. The molecule has 1 heterocycles. The van der Waals surface area contributed by atoms with E-state index in [4.69, 9.17) is 9.47 Å².